The molecule has 2 aliphatic rings. The lowest BCUT2D eigenvalue weighted by atomic mass is 9.95. The van der Waals surface area contributed by atoms with Gasteiger partial charge in [-0.2, -0.15) is 0 Å². The van der Waals surface area contributed by atoms with Gasteiger partial charge in [0.1, 0.15) is 0 Å². The van der Waals surface area contributed by atoms with E-state index >= 15 is 0 Å². The van der Waals surface area contributed by atoms with Gasteiger partial charge in [-0.3, -0.25) is 0 Å². The molecule has 0 spiro atoms. The number of hydrogen-bond donors (Lipinski definition) is 1. The highest BCUT2D eigenvalue weighted by molar-refractivity contribution is 5.31. The van der Waals surface area contributed by atoms with Crippen molar-refractivity contribution in [2.45, 2.75) is 37.8 Å². The number of hydrogen-bond acceptors (Lipinski definition) is 2. The molecular weight excluding hydrogens is 198 g/mol. The van der Waals surface area contributed by atoms with Crippen LogP contribution in [-0.4, -0.2) is 19.2 Å². The van der Waals surface area contributed by atoms with Crippen molar-refractivity contribution < 1.29 is 4.74 Å². The van der Waals surface area contributed by atoms with E-state index in [1.54, 1.807) is 0 Å². The van der Waals surface area contributed by atoms with Crippen molar-refractivity contribution in [3.05, 3.63) is 35.4 Å². The van der Waals surface area contributed by atoms with Gasteiger partial charge in [-0.05, 0) is 43.4 Å². The lowest BCUT2D eigenvalue weighted by molar-refractivity contribution is 0.0333. The maximum absolute atomic E-state index is 6.05. The summed E-state index contributed by atoms with van der Waals surface area (Å²) in [5.41, 5.74) is 2.90. The van der Waals surface area contributed by atoms with Crippen molar-refractivity contribution >= 4 is 0 Å². The van der Waals surface area contributed by atoms with Crippen LogP contribution in [0, 0.1) is 0 Å². The van der Waals surface area contributed by atoms with Gasteiger partial charge in [-0.25, -0.2) is 0 Å². The number of benzene rings is 1. The van der Waals surface area contributed by atoms with Crippen molar-refractivity contribution in [2.75, 3.05) is 13.2 Å². The van der Waals surface area contributed by atoms with Crippen molar-refractivity contribution in [1.82, 2.24) is 5.32 Å². The number of ether oxygens (including phenoxy) is 1. The molecule has 0 aliphatic carbocycles. The van der Waals surface area contributed by atoms with Crippen molar-refractivity contribution in [2.24, 2.45) is 0 Å². The summed E-state index contributed by atoms with van der Waals surface area (Å²) in [6, 6.07) is 9.30. The quantitative estimate of drug-likeness (QED) is 0.780. The van der Waals surface area contributed by atoms with Gasteiger partial charge in [0, 0.05) is 12.6 Å². The molecule has 0 saturated carbocycles. The monoisotopic (exact) mass is 217 g/mol. The molecule has 2 nitrogen and oxygen atoms in total. The molecule has 0 bridgehead atoms. The Balaban J connectivity index is 1.92. The SMILES string of the molecule is c1ccc2c(c1)CCCO[C@@H]2[C@@H]1CCCN1. The third-order valence-electron chi connectivity index (χ3n) is 3.71. The van der Waals surface area contributed by atoms with Crippen molar-refractivity contribution in [1.29, 1.82) is 0 Å². The first-order chi connectivity index (χ1) is 7.95. The minimum absolute atomic E-state index is 0.279. The average molecular weight is 217 g/mol. The minimum atomic E-state index is 0.279. The maximum atomic E-state index is 6.05. The van der Waals surface area contributed by atoms with E-state index in [0.717, 1.165) is 19.6 Å². The molecular formula is C14H19NO. The van der Waals surface area contributed by atoms with Crippen molar-refractivity contribution in [3.8, 4) is 0 Å². The van der Waals surface area contributed by atoms with E-state index in [-0.39, 0.29) is 6.10 Å². The lowest BCUT2D eigenvalue weighted by Gasteiger charge is -2.24. The van der Waals surface area contributed by atoms with E-state index < -0.39 is 0 Å². The molecule has 1 aromatic carbocycles. The van der Waals surface area contributed by atoms with Gasteiger partial charge in [0.15, 0.2) is 0 Å². The van der Waals surface area contributed by atoms with Gasteiger partial charge >= 0.3 is 0 Å². The Hall–Kier alpha value is -0.860. The summed E-state index contributed by atoms with van der Waals surface area (Å²) in [4.78, 5) is 0. The van der Waals surface area contributed by atoms with Crippen LogP contribution < -0.4 is 5.32 Å². The highest BCUT2D eigenvalue weighted by Crippen LogP contribution is 2.31. The van der Waals surface area contributed by atoms with E-state index in [1.807, 2.05) is 0 Å². The molecule has 0 aromatic heterocycles. The first-order valence-corrected chi connectivity index (χ1v) is 6.38. The molecule has 0 unspecified atom stereocenters. The molecule has 1 aromatic rings. The van der Waals surface area contributed by atoms with Gasteiger partial charge in [0.2, 0.25) is 0 Å². The molecule has 1 fully saturated rings. The Morgan fingerprint density at radius 3 is 3.00 bits per heavy atom. The molecule has 0 amide bonds. The number of aryl methyl sites for hydroxylation is 1. The summed E-state index contributed by atoms with van der Waals surface area (Å²) >= 11 is 0. The topological polar surface area (TPSA) is 21.3 Å². The Morgan fingerprint density at radius 1 is 1.19 bits per heavy atom. The molecule has 1 N–H and O–H groups in total. The van der Waals surface area contributed by atoms with Gasteiger partial charge in [0.05, 0.1) is 6.10 Å². The maximum Gasteiger partial charge on any atom is 0.0980 e. The van der Waals surface area contributed by atoms with Crippen LogP contribution >= 0.6 is 0 Å². The fourth-order valence-electron chi connectivity index (χ4n) is 2.90. The highest BCUT2D eigenvalue weighted by atomic mass is 16.5. The van der Waals surface area contributed by atoms with E-state index in [2.05, 4.69) is 29.6 Å². The van der Waals surface area contributed by atoms with Crippen LogP contribution in [0.15, 0.2) is 24.3 Å². The molecule has 2 aliphatic heterocycles. The average Bonchev–Trinajstić information content (AvgIpc) is 2.76. The summed E-state index contributed by atoms with van der Waals surface area (Å²) in [5.74, 6) is 0. The zero-order chi connectivity index (χ0) is 10.8. The Kier molecular flexibility index (Phi) is 2.94. The Morgan fingerprint density at radius 2 is 2.12 bits per heavy atom. The summed E-state index contributed by atoms with van der Waals surface area (Å²) < 4.78 is 6.05. The number of nitrogens with one attached hydrogen (secondary N) is 1. The van der Waals surface area contributed by atoms with Gasteiger partial charge < -0.3 is 10.1 Å². The third-order valence-corrected chi connectivity index (χ3v) is 3.71. The fraction of sp³-hybridized carbons (Fsp3) is 0.571. The molecule has 3 rings (SSSR count). The predicted molar refractivity (Wildman–Crippen MR) is 64.5 cm³/mol. The van der Waals surface area contributed by atoms with Crippen LogP contribution in [0.3, 0.4) is 0 Å². The second kappa shape index (κ2) is 4.56. The minimum Gasteiger partial charge on any atom is -0.372 e. The van der Waals surface area contributed by atoms with Crippen LogP contribution in [0.5, 0.6) is 0 Å². The van der Waals surface area contributed by atoms with Gasteiger partial charge in [-0.15, -0.1) is 0 Å². The van der Waals surface area contributed by atoms with E-state index in [9.17, 15) is 0 Å². The van der Waals surface area contributed by atoms with E-state index in [0.29, 0.717) is 6.04 Å². The first-order valence-electron chi connectivity index (χ1n) is 6.38. The van der Waals surface area contributed by atoms with Crippen molar-refractivity contribution in [3.63, 3.8) is 0 Å². The van der Waals surface area contributed by atoms with E-state index in [4.69, 9.17) is 4.74 Å². The molecule has 2 heteroatoms. The smallest absolute Gasteiger partial charge is 0.0980 e. The summed E-state index contributed by atoms with van der Waals surface area (Å²) in [5, 5.41) is 3.57. The largest absolute Gasteiger partial charge is 0.372 e. The standard InChI is InChI=1S/C14H19NO/c1-2-7-12-11(5-1)6-4-10-16-14(12)13-8-3-9-15-13/h1-2,5,7,13-15H,3-4,6,8-10H2/t13-,14-/m0/s1. The van der Waals surface area contributed by atoms with Crippen LogP contribution in [0.25, 0.3) is 0 Å². The van der Waals surface area contributed by atoms with Crippen LogP contribution in [0.4, 0.5) is 0 Å². The van der Waals surface area contributed by atoms with E-state index in [1.165, 1.54) is 30.4 Å². The normalized spacial score (nSPS) is 29.8. The molecule has 2 atom stereocenters. The molecule has 2 heterocycles. The first kappa shape index (κ1) is 10.3. The zero-order valence-electron chi connectivity index (χ0n) is 9.61. The third kappa shape index (κ3) is 1.87. The summed E-state index contributed by atoms with van der Waals surface area (Å²) in [7, 11) is 0. The molecule has 16 heavy (non-hydrogen) atoms. The zero-order valence-corrected chi connectivity index (χ0v) is 9.61. The predicted octanol–water partition coefficient (Wildman–Crippen LogP) is 2.44. The molecule has 0 radical (unpaired) electrons. The molecule has 86 valence electrons. The second-order valence-electron chi connectivity index (χ2n) is 4.80. The number of rotatable bonds is 1. The van der Waals surface area contributed by atoms with Crippen LogP contribution in [-0.2, 0) is 11.2 Å². The second-order valence-corrected chi connectivity index (χ2v) is 4.80. The fourth-order valence-corrected chi connectivity index (χ4v) is 2.90. The van der Waals surface area contributed by atoms with Crippen LogP contribution in [0.2, 0.25) is 0 Å². The Labute approximate surface area is 97.0 Å². The summed E-state index contributed by atoms with van der Waals surface area (Å²) in [6.07, 6.45) is 5.13. The van der Waals surface area contributed by atoms with Gasteiger partial charge in [0.25, 0.3) is 0 Å². The summed E-state index contributed by atoms with van der Waals surface area (Å²) in [6.45, 7) is 2.05. The Bertz CT molecular complexity index is 358. The highest BCUT2D eigenvalue weighted by Gasteiger charge is 2.29. The van der Waals surface area contributed by atoms with Crippen LogP contribution in [0.1, 0.15) is 36.5 Å². The number of fused-ring (bicyclic) bond motifs is 1. The van der Waals surface area contributed by atoms with Gasteiger partial charge in [-0.1, -0.05) is 24.3 Å². The molecule has 1 saturated heterocycles. The lowest BCUT2D eigenvalue weighted by Crippen LogP contribution is -2.30.